The molecule has 0 N–H and O–H groups in total. The van der Waals surface area contributed by atoms with Crippen molar-refractivity contribution in [1.82, 2.24) is 0 Å². The van der Waals surface area contributed by atoms with Gasteiger partial charge in [0.25, 0.3) is 0 Å². The molecule has 0 aliphatic carbocycles. The minimum atomic E-state index is 0.0534. The van der Waals surface area contributed by atoms with Gasteiger partial charge in [0.15, 0.2) is 5.78 Å². The third kappa shape index (κ3) is 1.91. The van der Waals surface area contributed by atoms with Crippen molar-refractivity contribution in [2.45, 2.75) is 13.8 Å². The first-order valence-corrected chi connectivity index (χ1v) is 4.71. The Morgan fingerprint density at radius 3 is 2.54 bits per heavy atom. The number of ketones is 1. The first kappa shape index (κ1) is 10.3. The van der Waals surface area contributed by atoms with Gasteiger partial charge in [0.1, 0.15) is 5.75 Å². The summed E-state index contributed by atoms with van der Waals surface area (Å²) in [7, 11) is 1.61. The normalized spacial score (nSPS) is 9.85. The van der Waals surface area contributed by atoms with Crippen LogP contribution in [-0.4, -0.2) is 12.9 Å². The molecule has 1 aromatic rings. The number of Topliss-reactive ketones (excluding diaryl/α,β-unsaturated/α-hetero) is 1. The Bertz CT molecular complexity index is 345. The van der Waals surface area contributed by atoms with E-state index in [1.54, 1.807) is 26.2 Å². The van der Waals surface area contributed by atoms with Gasteiger partial charge in [0.2, 0.25) is 0 Å². The van der Waals surface area contributed by atoms with E-state index in [0.717, 1.165) is 15.8 Å². The number of hydrogen-bond acceptors (Lipinski definition) is 2. The summed E-state index contributed by atoms with van der Waals surface area (Å²) >= 11 is 3.37. The molecule has 0 radical (unpaired) electrons. The summed E-state index contributed by atoms with van der Waals surface area (Å²) < 4.78 is 5.94. The molecular formula is C10H11BrO2. The molecule has 0 unspecified atom stereocenters. The topological polar surface area (TPSA) is 26.3 Å². The Morgan fingerprint density at radius 1 is 1.46 bits per heavy atom. The zero-order valence-corrected chi connectivity index (χ0v) is 9.44. The maximum absolute atomic E-state index is 11.1. The van der Waals surface area contributed by atoms with E-state index in [9.17, 15) is 4.79 Å². The fourth-order valence-corrected chi connectivity index (χ4v) is 1.77. The second-order valence-corrected chi connectivity index (χ2v) is 3.60. The third-order valence-electron chi connectivity index (χ3n) is 1.94. The lowest BCUT2D eigenvalue weighted by atomic mass is 10.1. The van der Waals surface area contributed by atoms with Crippen molar-refractivity contribution in [2.24, 2.45) is 0 Å². The summed E-state index contributed by atoms with van der Waals surface area (Å²) in [6.45, 7) is 3.46. The van der Waals surface area contributed by atoms with Crippen LogP contribution in [0.1, 0.15) is 22.8 Å². The fourth-order valence-electron chi connectivity index (χ4n) is 1.16. The van der Waals surface area contributed by atoms with Crippen LogP contribution in [0, 0.1) is 6.92 Å². The van der Waals surface area contributed by atoms with E-state index in [-0.39, 0.29) is 5.78 Å². The van der Waals surface area contributed by atoms with Crippen molar-refractivity contribution in [2.75, 3.05) is 7.11 Å². The van der Waals surface area contributed by atoms with Gasteiger partial charge in [-0.25, -0.2) is 0 Å². The largest absolute Gasteiger partial charge is 0.496 e. The van der Waals surface area contributed by atoms with E-state index < -0.39 is 0 Å². The molecule has 0 aliphatic rings. The van der Waals surface area contributed by atoms with Crippen molar-refractivity contribution in [1.29, 1.82) is 0 Å². The van der Waals surface area contributed by atoms with E-state index in [0.29, 0.717) is 5.56 Å². The number of methoxy groups -OCH3 is 1. The summed E-state index contributed by atoms with van der Waals surface area (Å²) in [6.07, 6.45) is 0. The van der Waals surface area contributed by atoms with E-state index in [1.807, 2.05) is 6.92 Å². The Balaban J connectivity index is 3.31. The molecule has 1 aromatic carbocycles. The molecule has 2 nitrogen and oxygen atoms in total. The highest BCUT2D eigenvalue weighted by molar-refractivity contribution is 9.10. The molecule has 0 fully saturated rings. The lowest BCUT2D eigenvalue weighted by Crippen LogP contribution is -1.97. The van der Waals surface area contributed by atoms with Crippen molar-refractivity contribution >= 4 is 21.7 Å². The van der Waals surface area contributed by atoms with Crippen molar-refractivity contribution in [3.63, 3.8) is 0 Å². The molecule has 0 spiro atoms. The summed E-state index contributed by atoms with van der Waals surface area (Å²) in [4.78, 5) is 11.1. The lowest BCUT2D eigenvalue weighted by Gasteiger charge is -2.08. The van der Waals surface area contributed by atoms with Gasteiger partial charge in [-0.2, -0.15) is 0 Å². The highest BCUT2D eigenvalue weighted by atomic mass is 79.9. The molecule has 13 heavy (non-hydrogen) atoms. The zero-order valence-electron chi connectivity index (χ0n) is 7.85. The van der Waals surface area contributed by atoms with Gasteiger partial charge in [0.05, 0.1) is 7.11 Å². The quantitative estimate of drug-likeness (QED) is 0.746. The van der Waals surface area contributed by atoms with Crippen LogP contribution < -0.4 is 4.74 Å². The SMILES string of the molecule is COc1ccc(C(C)=O)c(Br)c1C. The Morgan fingerprint density at radius 2 is 2.08 bits per heavy atom. The highest BCUT2D eigenvalue weighted by Crippen LogP contribution is 2.29. The first-order valence-electron chi connectivity index (χ1n) is 3.92. The molecule has 0 atom stereocenters. The average molecular weight is 243 g/mol. The number of rotatable bonds is 2. The number of ether oxygens (including phenoxy) is 1. The van der Waals surface area contributed by atoms with Gasteiger partial charge in [0, 0.05) is 15.6 Å². The molecule has 0 bridgehead atoms. The number of hydrogen-bond donors (Lipinski definition) is 0. The molecule has 70 valence electrons. The minimum Gasteiger partial charge on any atom is -0.496 e. The molecule has 0 aliphatic heterocycles. The molecule has 3 heteroatoms. The average Bonchev–Trinajstić information content (AvgIpc) is 2.09. The second kappa shape index (κ2) is 3.92. The molecule has 0 saturated heterocycles. The number of carbonyl (C=O) groups excluding carboxylic acids is 1. The van der Waals surface area contributed by atoms with Gasteiger partial charge >= 0.3 is 0 Å². The van der Waals surface area contributed by atoms with Crippen LogP contribution in [0.2, 0.25) is 0 Å². The monoisotopic (exact) mass is 242 g/mol. The van der Waals surface area contributed by atoms with Crippen LogP contribution in [0.3, 0.4) is 0 Å². The van der Waals surface area contributed by atoms with E-state index in [4.69, 9.17) is 4.74 Å². The summed E-state index contributed by atoms with van der Waals surface area (Å²) in [5, 5.41) is 0. The Kier molecular flexibility index (Phi) is 3.09. The fraction of sp³-hybridized carbons (Fsp3) is 0.300. The third-order valence-corrected chi connectivity index (χ3v) is 2.96. The first-order chi connectivity index (χ1) is 6.07. The van der Waals surface area contributed by atoms with Crippen LogP contribution in [0.5, 0.6) is 5.75 Å². The molecule has 0 saturated carbocycles. The van der Waals surface area contributed by atoms with E-state index in [2.05, 4.69) is 15.9 Å². The Labute approximate surface area is 86.0 Å². The number of halogens is 1. The minimum absolute atomic E-state index is 0.0534. The van der Waals surface area contributed by atoms with Crippen LogP contribution in [0.25, 0.3) is 0 Å². The zero-order chi connectivity index (χ0) is 10.0. The molecule has 0 heterocycles. The standard InChI is InChI=1S/C10H11BrO2/c1-6-9(13-3)5-4-8(7(2)12)10(6)11/h4-5H,1-3H3. The van der Waals surface area contributed by atoms with Crippen LogP contribution in [0.15, 0.2) is 16.6 Å². The molecule has 1 rings (SSSR count). The predicted molar refractivity (Wildman–Crippen MR) is 55.4 cm³/mol. The summed E-state index contributed by atoms with van der Waals surface area (Å²) in [5.74, 6) is 0.842. The van der Waals surface area contributed by atoms with E-state index >= 15 is 0 Å². The molecule has 0 aromatic heterocycles. The number of carbonyl (C=O) groups is 1. The van der Waals surface area contributed by atoms with Crippen LogP contribution in [0.4, 0.5) is 0 Å². The Hall–Kier alpha value is -0.830. The molecular weight excluding hydrogens is 232 g/mol. The lowest BCUT2D eigenvalue weighted by molar-refractivity contribution is 0.101. The van der Waals surface area contributed by atoms with Gasteiger partial charge in [-0.15, -0.1) is 0 Å². The van der Waals surface area contributed by atoms with E-state index in [1.165, 1.54) is 0 Å². The van der Waals surface area contributed by atoms with Crippen molar-refractivity contribution < 1.29 is 9.53 Å². The summed E-state index contributed by atoms with van der Waals surface area (Å²) in [6, 6.07) is 3.56. The second-order valence-electron chi connectivity index (χ2n) is 2.81. The van der Waals surface area contributed by atoms with Crippen LogP contribution >= 0.6 is 15.9 Å². The summed E-state index contributed by atoms with van der Waals surface area (Å²) in [5.41, 5.74) is 1.65. The highest BCUT2D eigenvalue weighted by Gasteiger charge is 2.10. The maximum atomic E-state index is 11.1. The predicted octanol–water partition coefficient (Wildman–Crippen LogP) is 2.97. The van der Waals surface area contributed by atoms with Gasteiger partial charge in [-0.05, 0) is 41.9 Å². The molecule has 0 amide bonds. The van der Waals surface area contributed by atoms with Crippen molar-refractivity contribution in [3.05, 3.63) is 27.7 Å². The van der Waals surface area contributed by atoms with Gasteiger partial charge in [-0.1, -0.05) is 0 Å². The maximum Gasteiger partial charge on any atom is 0.160 e. The number of benzene rings is 1. The smallest absolute Gasteiger partial charge is 0.160 e. The van der Waals surface area contributed by atoms with Crippen LogP contribution in [-0.2, 0) is 0 Å². The van der Waals surface area contributed by atoms with Gasteiger partial charge in [-0.3, -0.25) is 4.79 Å². The van der Waals surface area contributed by atoms with Gasteiger partial charge < -0.3 is 4.74 Å². The van der Waals surface area contributed by atoms with Crippen molar-refractivity contribution in [3.8, 4) is 5.75 Å².